The number of aryl methyl sites for hydroxylation is 1. The van der Waals surface area contributed by atoms with Gasteiger partial charge in [-0.05, 0) is 25.1 Å². The number of pyridine rings is 1. The molecule has 0 saturated carbocycles. The molecule has 0 fully saturated rings. The van der Waals surface area contributed by atoms with Crippen LogP contribution in [0, 0.1) is 6.92 Å². The summed E-state index contributed by atoms with van der Waals surface area (Å²) in [6.07, 6.45) is 3.62. The topological polar surface area (TPSA) is 30.7 Å². The van der Waals surface area contributed by atoms with Gasteiger partial charge in [-0.3, -0.25) is 0 Å². The minimum atomic E-state index is 0.861. The summed E-state index contributed by atoms with van der Waals surface area (Å²) in [6.45, 7) is 5.97. The molecule has 14 heavy (non-hydrogen) atoms. The molecule has 2 aromatic rings. The van der Waals surface area contributed by atoms with Crippen molar-refractivity contribution >= 4 is 0 Å². The number of nitrogens with zero attached hydrogens (tertiary/aromatic N) is 3. The van der Waals surface area contributed by atoms with Crippen LogP contribution in [0.15, 0.2) is 36.7 Å². The van der Waals surface area contributed by atoms with Gasteiger partial charge in [-0.25, -0.2) is 9.67 Å². The quantitative estimate of drug-likeness (QED) is 0.690. The van der Waals surface area contributed by atoms with E-state index in [0.29, 0.717) is 0 Å². The Morgan fingerprint density at radius 2 is 1.93 bits per heavy atom. The SMILES string of the molecule is CC.Cc1cccc(-n2cccn2)n1. The van der Waals surface area contributed by atoms with Crippen LogP contribution in [0.5, 0.6) is 0 Å². The summed E-state index contributed by atoms with van der Waals surface area (Å²) in [5, 5.41) is 4.08. The lowest BCUT2D eigenvalue weighted by molar-refractivity contribution is 0.841. The maximum Gasteiger partial charge on any atom is 0.153 e. The normalized spacial score (nSPS) is 9.07. The predicted octanol–water partition coefficient (Wildman–Crippen LogP) is 2.60. The molecule has 0 atom stereocenters. The molecule has 2 heterocycles. The zero-order chi connectivity index (χ0) is 10.4. The molecule has 0 bridgehead atoms. The third-order valence-electron chi connectivity index (χ3n) is 1.61. The molecular weight excluding hydrogens is 174 g/mol. The molecule has 3 nitrogen and oxygen atoms in total. The fourth-order valence-corrected chi connectivity index (χ4v) is 1.06. The minimum absolute atomic E-state index is 0.861. The van der Waals surface area contributed by atoms with Crippen molar-refractivity contribution in [2.75, 3.05) is 0 Å². The minimum Gasteiger partial charge on any atom is -0.234 e. The van der Waals surface area contributed by atoms with Gasteiger partial charge in [-0.2, -0.15) is 5.10 Å². The second kappa shape index (κ2) is 5.17. The largest absolute Gasteiger partial charge is 0.234 e. The summed E-state index contributed by atoms with van der Waals surface area (Å²) in [7, 11) is 0. The van der Waals surface area contributed by atoms with Gasteiger partial charge in [-0.15, -0.1) is 0 Å². The van der Waals surface area contributed by atoms with Crippen molar-refractivity contribution in [3.05, 3.63) is 42.4 Å². The van der Waals surface area contributed by atoms with Gasteiger partial charge in [0, 0.05) is 18.1 Å². The van der Waals surface area contributed by atoms with Crippen LogP contribution in [0.2, 0.25) is 0 Å². The number of aromatic nitrogens is 3. The highest BCUT2D eigenvalue weighted by Gasteiger charge is 1.95. The summed E-state index contributed by atoms with van der Waals surface area (Å²) in [6, 6.07) is 7.75. The van der Waals surface area contributed by atoms with Crippen molar-refractivity contribution in [3.63, 3.8) is 0 Å². The standard InChI is InChI=1S/C9H9N3.C2H6/c1-8-4-2-5-9(11-8)12-7-3-6-10-12;1-2/h2-7H,1H3;1-2H3. The molecule has 2 rings (SSSR count). The Balaban J connectivity index is 0.000000461. The second-order valence-corrected chi connectivity index (χ2v) is 2.59. The highest BCUT2D eigenvalue weighted by molar-refractivity contribution is 5.22. The first-order valence-electron chi connectivity index (χ1n) is 4.80. The second-order valence-electron chi connectivity index (χ2n) is 2.59. The molecule has 0 radical (unpaired) electrons. The summed E-state index contributed by atoms with van der Waals surface area (Å²) in [5.74, 6) is 0.861. The molecule has 74 valence electrons. The summed E-state index contributed by atoms with van der Waals surface area (Å²) < 4.78 is 1.74. The van der Waals surface area contributed by atoms with E-state index in [0.717, 1.165) is 11.5 Å². The van der Waals surface area contributed by atoms with Gasteiger partial charge in [0.2, 0.25) is 0 Å². The van der Waals surface area contributed by atoms with Crippen LogP contribution >= 0.6 is 0 Å². The Kier molecular flexibility index (Phi) is 3.85. The van der Waals surface area contributed by atoms with Crippen LogP contribution in [0.1, 0.15) is 19.5 Å². The first-order chi connectivity index (χ1) is 6.86. The fourth-order valence-electron chi connectivity index (χ4n) is 1.06. The van der Waals surface area contributed by atoms with Gasteiger partial charge >= 0.3 is 0 Å². The maximum atomic E-state index is 4.32. The monoisotopic (exact) mass is 189 g/mol. The third kappa shape index (κ3) is 2.42. The van der Waals surface area contributed by atoms with E-state index in [-0.39, 0.29) is 0 Å². The van der Waals surface area contributed by atoms with Gasteiger partial charge in [0.25, 0.3) is 0 Å². The average molecular weight is 189 g/mol. The Morgan fingerprint density at radius 1 is 1.14 bits per heavy atom. The molecule has 0 aliphatic carbocycles. The van der Waals surface area contributed by atoms with E-state index >= 15 is 0 Å². The predicted molar refractivity (Wildman–Crippen MR) is 57.4 cm³/mol. The molecule has 0 aromatic carbocycles. The Bertz CT molecular complexity index is 366. The van der Waals surface area contributed by atoms with Crippen LogP contribution in [-0.2, 0) is 0 Å². The lowest BCUT2D eigenvalue weighted by atomic mass is 10.4. The van der Waals surface area contributed by atoms with Gasteiger partial charge in [0.1, 0.15) is 0 Å². The molecule has 0 aliphatic rings. The Morgan fingerprint density at radius 3 is 2.50 bits per heavy atom. The van der Waals surface area contributed by atoms with Crippen LogP contribution in [0.25, 0.3) is 5.82 Å². The van der Waals surface area contributed by atoms with Crippen LogP contribution < -0.4 is 0 Å². The van der Waals surface area contributed by atoms with Crippen molar-refractivity contribution < 1.29 is 0 Å². The maximum absolute atomic E-state index is 4.32. The zero-order valence-electron chi connectivity index (χ0n) is 8.81. The Labute approximate surface area is 84.4 Å². The molecular formula is C11H15N3. The molecule has 0 N–H and O–H groups in total. The third-order valence-corrected chi connectivity index (χ3v) is 1.61. The van der Waals surface area contributed by atoms with E-state index < -0.39 is 0 Å². The van der Waals surface area contributed by atoms with E-state index in [4.69, 9.17) is 0 Å². The van der Waals surface area contributed by atoms with E-state index in [1.807, 2.05) is 51.2 Å². The molecule has 3 heteroatoms. The van der Waals surface area contributed by atoms with E-state index in [1.165, 1.54) is 0 Å². The molecule has 0 amide bonds. The lowest BCUT2D eigenvalue weighted by Crippen LogP contribution is -1.97. The van der Waals surface area contributed by atoms with E-state index in [9.17, 15) is 0 Å². The first-order valence-corrected chi connectivity index (χ1v) is 4.80. The number of hydrogen-bond donors (Lipinski definition) is 0. The van der Waals surface area contributed by atoms with Crippen molar-refractivity contribution in [3.8, 4) is 5.82 Å². The van der Waals surface area contributed by atoms with Gasteiger partial charge < -0.3 is 0 Å². The number of hydrogen-bond acceptors (Lipinski definition) is 2. The average Bonchev–Trinajstić information content (AvgIpc) is 2.74. The molecule has 2 aromatic heterocycles. The van der Waals surface area contributed by atoms with Crippen molar-refractivity contribution in [1.82, 2.24) is 14.8 Å². The number of rotatable bonds is 1. The molecule has 0 unspecified atom stereocenters. The van der Waals surface area contributed by atoms with Crippen molar-refractivity contribution in [1.29, 1.82) is 0 Å². The van der Waals surface area contributed by atoms with Crippen LogP contribution in [0.3, 0.4) is 0 Å². The van der Waals surface area contributed by atoms with E-state index in [2.05, 4.69) is 10.1 Å². The molecule has 0 aliphatic heterocycles. The van der Waals surface area contributed by atoms with E-state index in [1.54, 1.807) is 10.9 Å². The zero-order valence-corrected chi connectivity index (χ0v) is 8.81. The lowest BCUT2D eigenvalue weighted by Gasteiger charge is -1.99. The van der Waals surface area contributed by atoms with Gasteiger partial charge in [-0.1, -0.05) is 19.9 Å². The summed E-state index contributed by atoms with van der Waals surface area (Å²) in [5.41, 5.74) is 1.00. The first kappa shape index (κ1) is 10.4. The summed E-state index contributed by atoms with van der Waals surface area (Å²) >= 11 is 0. The van der Waals surface area contributed by atoms with Crippen LogP contribution in [0.4, 0.5) is 0 Å². The fraction of sp³-hybridized carbons (Fsp3) is 0.273. The molecule has 0 saturated heterocycles. The van der Waals surface area contributed by atoms with Gasteiger partial charge in [0.05, 0.1) is 0 Å². The summed E-state index contributed by atoms with van der Waals surface area (Å²) in [4.78, 5) is 4.32. The smallest absolute Gasteiger partial charge is 0.153 e. The Hall–Kier alpha value is -1.64. The highest BCUT2D eigenvalue weighted by atomic mass is 15.3. The van der Waals surface area contributed by atoms with Gasteiger partial charge in [0.15, 0.2) is 5.82 Å². The van der Waals surface area contributed by atoms with Crippen molar-refractivity contribution in [2.45, 2.75) is 20.8 Å². The highest BCUT2D eigenvalue weighted by Crippen LogP contribution is 2.02. The van der Waals surface area contributed by atoms with Crippen LogP contribution in [-0.4, -0.2) is 14.8 Å². The molecule has 0 spiro atoms. The van der Waals surface area contributed by atoms with Crippen molar-refractivity contribution in [2.24, 2.45) is 0 Å².